The number of ether oxygens (including phenoxy) is 3. The van der Waals surface area contributed by atoms with Gasteiger partial charge in [0.2, 0.25) is 5.88 Å². The van der Waals surface area contributed by atoms with Crippen LogP contribution in [0.4, 0.5) is 8.78 Å². The molecule has 8 nitrogen and oxygen atoms in total. The fraction of sp³-hybridized carbons (Fsp3) is 0.250. The molecule has 0 atom stereocenters. The van der Waals surface area contributed by atoms with Crippen LogP contribution in [0.5, 0.6) is 11.6 Å². The number of aryl methyl sites for hydroxylation is 1. The first-order valence-corrected chi connectivity index (χ1v) is 9.17. The fourth-order valence-electron chi connectivity index (χ4n) is 3.43. The molecule has 0 bridgehead atoms. The van der Waals surface area contributed by atoms with Crippen molar-refractivity contribution in [1.82, 2.24) is 19.1 Å². The molecule has 1 saturated heterocycles. The maximum atomic E-state index is 13.3. The topological polar surface area (TPSA) is 80.4 Å². The molecule has 4 aromatic rings. The Kier molecular flexibility index (Phi) is 4.35. The molecule has 0 aliphatic carbocycles. The average Bonchev–Trinajstić information content (AvgIpc) is 3.08. The third-order valence-corrected chi connectivity index (χ3v) is 4.87. The number of pyridine rings is 2. The van der Waals surface area contributed by atoms with Crippen molar-refractivity contribution in [3.8, 4) is 17.3 Å². The maximum Gasteiger partial charge on any atom is 0.387 e. The number of rotatable bonds is 5. The largest absolute Gasteiger partial charge is 0.469 e. The second kappa shape index (κ2) is 7.06. The lowest BCUT2D eigenvalue weighted by Crippen LogP contribution is -2.38. The van der Waals surface area contributed by atoms with Crippen molar-refractivity contribution >= 4 is 22.1 Å². The lowest BCUT2D eigenvalue weighted by molar-refractivity contribution is -0.0812. The van der Waals surface area contributed by atoms with Crippen LogP contribution in [0.3, 0.4) is 0 Å². The van der Waals surface area contributed by atoms with E-state index < -0.39 is 6.61 Å². The Bertz CT molecular complexity index is 1300. The molecule has 1 fully saturated rings. The van der Waals surface area contributed by atoms with E-state index in [-0.39, 0.29) is 22.9 Å². The first-order valence-electron chi connectivity index (χ1n) is 9.17. The summed E-state index contributed by atoms with van der Waals surface area (Å²) in [4.78, 5) is 22.1. The van der Waals surface area contributed by atoms with Gasteiger partial charge in [0.25, 0.3) is 5.56 Å². The summed E-state index contributed by atoms with van der Waals surface area (Å²) in [7, 11) is 1.80. The van der Waals surface area contributed by atoms with Gasteiger partial charge in [0.15, 0.2) is 11.2 Å². The Morgan fingerprint density at radius 3 is 2.60 bits per heavy atom. The van der Waals surface area contributed by atoms with Crippen molar-refractivity contribution in [3.63, 3.8) is 0 Å². The monoisotopic (exact) mass is 414 g/mol. The van der Waals surface area contributed by atoms with Crippen LogP contribution >= 0.6 is 0 Å². The first kappa shape index (κ1) is 18.5. The smallest absolute Gasteiger partial charge is 0.387 e. The fourth-order valence-corrected chi connectivity index (χ4v) is 3.43. The van der Waals surface area contributed by atoms with E-state index in [1.165, 1.54) is 28.8 Å². The van der Waals surface area contributed by atoms with Crippen LogP contribution in [-0.4, -0.2) is 45.0 Å². The SMILES string of the molecule is Cn1cnc2c(=O)n(-c3ccc(OC(F)F)cc3)c3nc(OC4COC4)ccc3c21. The molecule has 3 aromatic heterocycles. The number of hydrogen-bond acceptors (Lipinski definition) is 6. The van der Waals surface area contributed by atoms with E-state index in [0.29, 0.717) is 41.3 Å². The molecule has 1 aromatic carbocycles. The lowest BCUT2D eigenvalue weighted by Gasteiger charge is -2.26. The van der Waals surface area contributed by atoms with Crippen LogP contribution in [0.25, 0.3) is 27.8 Å². The zero-order chi connectivity index (χ0) is 20.8. The molecule has 10 heteroatoms. The summed E-state index contributed by atoms with van der Waals surface area (Å²) in [6.45, 7) is -1.96. The number of nitrogens with zero attached hydrogens (tertiary/aromatic N) is 4. The summed E-state index contributed by atoms with van der Waals surface area (Å²) < 4.78 is 43.4. The first-order chi connectivity index (χ1) is 14.5. The number of fused-ring (bicyclic) bond motifs is 3. The van der Waals surface area contributed by atoms with Gasteiger partial charge in [-0.3, -0.25) is 9.36 Å². The van der Waals surface area contributed by atoms with Gasteiger partial charge in [0.1, 0.15) is 11.9 Å². The molecule has 0 saturated carbocycles. The number of aromatic nitrogens is 4. The van der Waals surface area contributed by atoms with Crippen LogP contribution in [0.2, 0.25) is 0 Å². The Hall–Kier alpha value is -3.53. The quantitative estimate of drug-likeness (QED) is 0.500. The third-order valence-electron chi connectivity index (χ3n) is 4.87. The maximum absolute atomic E-state index is 13.3. The van der Waals surface area contributed by atoms with Crippen LogP contribution in [0.15, 0.2) is 47.5 Å². The van der Waals surface area contributed by atoms with E-state index in [1.54, 1.807) is 24.0 Å². The van der Waals surface area contributed by atoms with Crippen LogP contribution in [0, 0.1) is 0 Å². The van der Waals surface area contributed by atoms with Gasteiger partial charge in [0, 0.05) is 18.5 Å². The Morgan fingerprint density at radius 2 is 1.93 bits per heavy atom. The molecule has 0 N–H and O–H groups in total. The van der Waals surface area contributed by atoms with E-state index in [1.807, 2.05) is 6.07 Å². The minimum Gasteiger partial charge on any atom is -0.469 e. The number of halogens is 2. The van der Waals surface area contributed by atoms with E-state index in [4.69, 9.17) is 9.47 Å². The van der Waals surface area contributed by atoms with Gasteiger partial charge in [0.05, 0.1) is 30.7 Å². The molecule has 1 aliphatic heterocycles. The van der Waals surface area contributed by atoms with Gasteiger partial charge >= 0.3 is 6.61 Å². The Labute approximate surface area is 168 Å². The van der Waals surface area contributed by atoms with E-state index in [9.17, 15) is 13.6 Å². The summed E-state index contributed by atoms with van der Waals surface area (Å²) in [5.41, 5.74) is 1.36. The highest BCUT2D eigenvalue weighted by Crippen LogP contribution is 2.27. The standard InChI is InChI=1S/C20H16F2N4O4/c1-25-10-23-16-17(25)14-6-7-15(29-13-8-28-9-13)24-18(14)26(19(16)27)11-2-4-12(5-3-11)30-20(21)22/h2-7,10,13,20H,8-9H2,1H3. The predicted molar refractivity (Wildman–Crippen MR) is 103 cm³/mol. The summed E-state index contributed by atoms with van der Waals surface area (Å²) in [5.74, 6) is 0.357. The Morgan fingerprint density at radius 1 is 1.17 bits per heavy atom. The summed E-state index contributed by atoms with van der Waals surface area (Å²) in [6, 6.07) is 9.33. The van der Waals surface area contributed by atoms with Crippen molar-refractivity contribution in [2.24, 2.45) is 7.05 Å². The van der Waals surface area contributed by atoms with Crippen molar-refractivity contribution in [2.45, 2.75) is 12.7 Å². The second-order valence-electron chi connectivity index (χ2n) is 6.86. The zero-order valence-corrected chi connectivity index (χ0v) is 15.8. The highest BCUT2D eigenvalue weighted by molar-refractivity contribution is 6.01. The average molecular weight is 414 g/mol. The molecule has 0 radical (unpaired) electrons. The van der Waals surface area contributed by atoms with Crippen molar-refractivity contribution < 1.29 is 23.0 Å². The van der Waals surface area contributed by atoms with E-state index in [0.717, 1.165) is 0 Å². The molecule has 0 spiro atoms. The summed E-state index contributed by atoms with van der Waals surface area (Å²) in [5, 5.41) is 0.703. The minimum atomic E-state index is -2.93. The third kappa shape index (κ3) is 3.05. The molecule has 5 rings (SSSR count). The van der Waals surface area contributed by atoms with E-state index >= 15 is 0 Å². The number of hydrogen-bond donors (Lipinski definition) is 0. The number of imidazole rings is 1. The number of alkyl halides is 2. The van der Waals surface area contributed by atoms with E-state index in [2.05, 4.69) is 14.7 Å². The van der Waals surface area contributed by atoms with Gasteiger partial charge in [-0.25, -0.2) is 4.98 Å². The highest BCUT2D eigenvalue weighted by atomic mass is 19.3. The summed E-state index contributed by atoms with van der Waals surface area (Å²) in [6.07, 6.45) is 1.48. The van der Waals surface area contributed by atoms with Crippen LogP contribution < -0.4 is 15.0 Å². The normalized spacial score (nSPS) is 14.4. The zero-order valence-electron chi connectivity index (χ0n) is 15.8. The molecule has 154 valence electrons. The highest BCUT2D eigenvalue weighted by Gasteiger charge is 2.22. The molecule has 0 unspecified atom stereocenters. The van der Waals surface area contributed by atoms with Gasteiger partial charge < -0.3 is 18.8 Å². The lowest BCUT2D eigenvalue weighted by atomic mass is 10.2. The van der Waals surface area contributed by atoms with Gasteiger partial charge in [-0.05, 0) is 30.3 Å². The van der Waals surface area contributed by atoms with Gasteiger partial charge in [-0.1, -0.05) is 0 Å². The van der Waals surface area contributed by atoms with Crippen molar-refractivity contribution in [2.75, 3.05) is 13.2 Å². The summed E-state index contributed by atoms with van der Waals surface area (Å²) >= 11 is 0. The van der Waals surface area contributed by atoms with Gasteiger partial charge in [-0.15, -0.1) is 0 Å². The van der Waals surface area contributed by atoms with Crippen LogP contribution in [-0.2, 0) is 11.8 Å². The van der Waals surface area contributed by atoms with Gasteiger partial charge in [-0.2, -0.15) is 13.8 Å². The molecule has 1 aliphatic rings. The van der Waals surface area contributed by atoms with Crippen molar-refractivity contribution in [3.05, 3.63) is 53.1 Å². The minimum absolute atomic E-state index is 0.00742. The van der Waals surface area contributed by atoms with Crippen LogP contribution in [0.1, 0.15) is 0 Å². The molecule has 30 heavy (non-hydrogen) atoms. The van der Waals surface area contributed by atoms with Crippen molar-refractivity contribution in [1.29, 1.82) is 0 Å². The molecular formula is C20H16F2N4O4. The molecule has 0 amide bonds. The number of benzene rings is 1. The second-order valence-corrected chi connectivity index (χ2v) is 6.86. The molecule has 4 heterocycles. The molecular weight excluding hydrogens is 398 g/mol. The predicted octanol–water partition coefficient (Wildman–Crippen LogP) is 2.65. The Balaban J connectivity index is 1.72.